The standard InChI is InChI=1S/C16H21N3O2/c1-11-10-12(18-16(21)13-4-2-8-17-13)6-7-14(11)19-9-3-5-15(19)20/h6-7,10,13,17H,2-5,8-9H2,1H3,(H,18,21). The molecular weight excluding hydrogens is 266 g/mol. The summed E-state index contributed by atoms with van der Waals surface area (Å²) < 4.78 is 0. The molecule has 0 saturated carbocycles. The first-order valence-electron chi connectivity index (χ1n) is 7.60. The quantitative estimate of drug-likeness (QED) is 0.891. The number of benzene rings is 1. The lowest BCUT2D eigenvalue weighted by Gasteiger charge is -2.19. The van der Waals surface area contributed by atoms with Gasteiger partial charge in [0.2, 0.25) is 11.8 Å². The van der Waals surface area contributed by atoms with Gasteiger partial charge in [-0.05, 0) is 56.5 Å². The van der Waals surface area contributed by atoms with E-state index >= 15 is 0 Å². The Morgan fingerprint density at radius 1 is 1.38 bits per heavy atom. The van der Waals surface area contributed by atoms with Gasteiger partial charge >= 0.3 is 0 Å². The third-order valence-electron chi connectivity index (χ3n) is 4.21. The molecule has 1 aromatic carbocycles. The molecular formula is C16H21N3O2. The molecule has 2 fully saturated rings. The Balaban J connectivity index is 1.71. The van der Waals surface area contributed by atoms with Crippen molar-refractivity contribution in [1.29, 1.82) is 0 Å². The molecule has 3 rings (SSSR count). The van der Waals surface area contributed by atoms with Crippen LogP contribution in [0.15, 0.2) is 18.2 Å². The van der Waals surface area contributed by atoms with Gasteiger partial charge in [-0.2, -0.15) is 0 Å². The van der Waals surface area contributed by atoms with Crippen LogP contribution in [0.3, 0.4) is 0 Å². The van der Waals surface area contributed by atoms with Gasteiger partial charge in [-0.15, -0.1) is 0 Å². The summed E-state index contributed by atoms with van der Waals surface area (Å²) in [4.78, 5) is 25.7. The third-order valence-corrected chi connectivity index (χ3v) is 4.21. The van der Waals surface area contributed by atoms with Crippen molar-refractivity contribution in [3.63, 3.8) is 0 Å². The Morgan fingerprint density at radius 2 is 2.24 bits per heavy atom. The molecule has 21 heavy (non-hydrogen) atoms. The zero-order valence-corrected chi connectivity index (χ0v) is 12.3. The first kappa shape index (κ1) is 14.1. The molecule has 0 spiro atoms. The summed E-state index contributed by atoms with van der Waals surface area (Å²) in [5.74, 6) is 0.210. The van der Waals surface area contributed by atoms with Crippen molar-refractivity contribution >= 4 is 23.2 Å². The second-order valence-corrected chi connectivity index (χ2v) is 5.79. The van der Waals surface area contributed by atoms with Gasteiger partial charge in [-0.25, -0.2) is 0 Å². The van der Waals surface area contributed by atoms with E-state index in [-0.39, 0.29) is 17.9 Å². The van der Waals surface area contributed by atoms with Gasteiger partial charge < -0.3 is 15.5 Å². The lowest BCUT2D eigenvalue weighted by molar-refractivity contribution is -0.118. The van der Waals surface area contributed by atoms with Crippen molar-refractivity contribution in [2.75, 3.05) is 23.3 Å². The van der Waals surface area contributed by atoms with Crippen LogP contribution in [-0.2, 0) is 9.59 Å². The van der Waals surface area contributed by atoms with Crippen LogP contribution in [0.1, 0.15) is 31.2 Å². The highest BCUT2D eigenvalue weighted by Crippen LogP contribution is 2.27. The number of hydrogen-bond donors (Lipinski definition) is 2. The van der Waals surface area contributed by atoms with Gasteiger partial charge in [0.15, 0.2) is 0 Å². The van der Waals surface area contributed by atoms with Crippen molar-refractivity contribution in [1.82, 2.24) is 5.32 Å². The Bertz CT molecular complexity index is 565. The highest BCUT2D eigenvalue weighted by atomic mass is 16.2. The monoisotopic (exact) mass is 287 g/mol. The summed E-state index contributed by atoms with van der Waals surface area (Å²) in [6.07, 6.45) is 3.49. The molecule has 1 aromatic rings. The molecule has 1 unspecified atom stereocenters. The van der Waals surface area contributed by atoms with Gasteiger partial charge in [-0.1, -0.05) is 0 Å². The van der Waals surface area contributed by atoms with Gasteiger partial charge in [0.1, 0.15) is 0 Å². The zero-order chi connectivity index (χ0) is 14.8. The summed E-state index contributed by atoms with van der Waals surface area (Å²) in [7, 11) is 0. The van der Waals surface area contributed by atoms with Crippen LogP contribution in [0.5, 0.6) is 0 Å². The summed E-state index contributed by atoms with van der Waals surface area (Å²) >= 11 is 0. The average molecular weight is 287 g/mol. The van der Waals surface area contributed by atoms with Crippen molar-refractivity contribution < 1.29 is 9.59 Å². The fraction of sp³-hybridized carbons (Fsp3) is 0.500. The number of nitrogens with one attached hydrogen (secondary N) is 2. The van der Waals surface area contributed by atoms with E-state index in [4.69, 9.17) is 0 Å². The predicted octanol–water partition coefficient (Wildman–Crippen LogP) is 1.81. The van der Waals surface area contributed by atoms with Crippen LogP contribution in [-0.4, -0.2) is 30.9 Å². The van der Waals surface area contributed by atoms with Crippen LogP contribution in [0.4, 0.5) is 11.4 Å². The Morgan fingerprint density at radius 3 is 2.86 bits per heavy atom. The maximum absolute atomic E-state index is 12.1. The molecule has 0 aromatic heterocycles. The Kier molecular flexibility index (Phi) is 3.92. The van der Waals surface area contributed by atoms with Gasteiger partial charge in [0.25, 0.3) is 0 Å². The fourth-order valence-electron chi connectivity index (χ4n) is 3.08. The molecule has 0 aliphatic carbocycles. The lowest BCUT2D eigenvalue weighted by atomic mass is 10.1. The lowest BCUT2D eigenvalue weighted by Crippen LogP contribution is -2.35. The average Bonchev–Trinajstić information content (AvgIpc) is 3.10. The maximum Gasteiger partial charge on any atom is 0.241 e. The molecule has 2 aliphatic rings. The van der Waals surface area contributed by atoms with E-state index in [1.165, 1.54) is 0 Å². The van der Waals surface area contributed by atoms with Crippen LogP contribution in [0, 0.1) is 6.92 Å². The second-order valence-electron chi connectivity index (χ2n) is 5.79. The molecule has 2 aliphatic heterocycles. The number of carbonyl (C=O) groups is 2. The summed E-state index contributed by atoms with van der Waals surface area (Å²) in [6, 6.07) is 5.66. The van der Waals surface area contributed by atoms with Crippen molar-refractivity contribution in [3.8, 4) is 0 Å². The van der Waals surface area contributed by atoms with Crippen molar-refractivity contribution in [3.05, 3.63) is 23.8 Å². The van der Waals surface area contributed by atoms with Crippen LogP contribution in [0.2, 0.25) is 0 Å². The minimum absolute atomic E-state index is 0.0249. The molecule has 2 heterocycles. The SMILES string of the molecule is Cc1cc(NC(=O)C2CCCN2)ccc1N1CCCC1=O. The van der Waals surface area contributed by atoms with E-state index in [1.54, 1.807) is 0 Å². The third kappa shape index (κ3) is 2.93. The highest BCUT2D eigenvalue weighted by Gasteiger charge is 2.24. The number of aryl methyl sites for hydroxylation is 1. The van der Waals surface area contributed by atoms with E-state index in [9.17, 15) is 9.59 Å². The minimum Gasteiger partial charge on any atom is -0.325 e. The van der Waals surface area contributed by atoms with E-state index in [2.05, 4.69) is 10.6 Å². The van der Waals surface area contributed by atoms with Crippen molar-refractivity contribution in [2.24, 2.45) is 0 Å². The van der Waals surface area contributed by atoms with E-state index in [1.807, 2.05) is 30.0 Å². The number of nitrogens with zero attached hydrogens (tertiary/aromatic N) is 1. The van der Waals surface area contributed by atoms with Gasteiger partial charge in [0.05, 0.1) is 6.04 Å². The Labute approximate surface area is 124 Å². The topological polar surface area (TPSA) is 61.4 Å². The largest absolute Gasteiger partial charge is 0.325 e. The molecule has 2 saturated heterocycles. The predicted molar refractivity (Wildman–Crippen MR) is 82.4 cm³/mol. The molecule has 0 bridgehead atoms. The van der Waals surface area contributed by atoms with Crippen LogP contribution in [0.25, 0.3) is 0 Å². The second kappa shape index (κ2) is 5.85. The normalized spacial score (nSPS) is 21.9. The number of amides is 2. The molecule has 2 N–H and O–H groups in total. The zero-order valence-electron chi connectivity index (χ0n) is 12.3. The van der Waals surface area contributed by atoms with E-state index in [0.717, 1.165) is 49.3 Å². The molecule has 5 nitrogen and oxygen atoms in total. The maximum atomic E-state index is 12.1. The molecule has 5 heteroatoms. The number of rotatable bonds is 3. The number of anilines is 2. The molecule has 112 valence electrons. The molecule has 0 radical (unpaired) electrons. The van der Waals surface area contributed by atoms with Crippen LogP contribution < -0.4 is 15.5 Å². The molecule has 2 amide bonds. The Hall–Kier alpha value is -1.88. The summed E-state index contributed by atoms with van der Waals surface area (Å²) in [5.41, 5.74) is 2.76. The number of hydrogen-bond acceptors (Lipinski definition) is 3. The first-order chi connectivity index (χ1) is 10.1. The summed E-state index contributed by atoms with van der Waals surface area (Å²) in [6.45, 7) is 3.68. The minimum atomic E-state index is -0.0786. The first-order valence-corrected chi connectivity index (χ1v) is 7.60. The highest BCUT2D eigenvalue weighted by molar-refractivity contribution is 5.98. The van der Waals surface area contributed by atoms with Gasteiger partial charge in [-0.3, -0.25) is 9.59 Å². The summed E-state index contributed by atoms with van der Waals surface area (Å²) in [5, 5.41) is 6.14. The fourth-order valence-corrected chi connectivity index (χ4v) is 3.08. The van der Waals surface area contributed by atoms with E-state index < -0.39 is 0 Å². The van der Waals surface area contributed by atoms with Crippen LogP contribution >= 0.6 is 0 Å². The van der Waals surface area contributed by atoms with E-state index in [0.29, 0.717) is 6.42 Å². The smallest absolute Gasteiger partial charge is 0.241 e. The number of carbonyl (C=O) groups excluding carboxylic acids is 2. The van der Waals surface area contributed by atoms with Crippen molar-refractivity contribution in [2.45, 2.75) is 38.6 Å². The van der Waals surface area contributed by atoms with Gasteiger partial charge in [0, 0.05) is 24.3 Å². The molecule has 1 atom stereocenters.